The Bertz CT molecular complexity index is 609. The summed E-state index contributed by atoms with van der Waals surface area (Å²) in [6, 6.07) is 12.5. The highest BCUT2D eigenvalue weighted by Gasteiger charge is 2.11. The summed E-state index contributed by atoms with van der Waals surface area (Å²) in [6.45, 7) is 2.20. The first-order valence-corrected chi connectivity index (χ1v) is 5.94. The molecule has 0 amide bonds. The Balaban J connectivity index is 2.08. The Kier molecular flexibility index (Phi) is 3.71. The lowest BCUT2D eigenvalue weighted by molar-refractivity contribution is 0.0473. The molecule has 0 unspecified atom stereocenters. The van der Waals surface area contributed by atoms with E-state index in [1.807, 2.05) is 31.2 Å². The molecule has 0 saturated heterocycles. The molecule has 0 bridgehead atoms. The van der Waals surface area contributed by atoms with Crippen molar-refractivity contribution < 1.29 is 9.53 Å². The quantitative estimate of drug-likeness (QED) is 0.653. The Morgan fingerprint density at radius 1 is 1.16 bits per heavy atom. The maximum atomic E-state index is 11.9. The molecule has 4 N–H and O–H groups in total. The maximum Gasteiger partial charge on any atom is 0.340 e. The van der Waals surface area contributed by atoms with E-state index in [1.165, 1.54) is 0 Å². The Morgan fingerprint density at radius 3 is 2.58 bits per heavy atom. The fourth-order valence-corrected chi connectivity index (χ4v) is 1.76. The van der Waals surface area contributed by atoms with Crippen LogP contribution in [0, 0.1) is 6.92 Å². The summed E-state index contributed by atoms with van der Waals surface area (Å²) < 4.78 is 5.26. The van der Waals surface area contributed by atoms with Crippen molar-refractivity contribution in [2.24, 2.45) is 0 Å². The summed E-state index contributed by atoms with van der Waals surface area (Å²) in [5, 5.41) is 0. The van der Waals surface area contributed by atoms with Crippen LogP contribution in [0.3, 0.4) is 0 Å². The molecule has 0 aliphatic carbocycles. The highest BCUT2D eigenvalue weighted by molar-refractivity contribution is 5.95. The van der Waals surface area contributed by atoms with Gasteiger partial charge in [-0.05, 0) is 36.2 Å². The molecule has 4 heteroatoms. The second kappa shape index (κ2) is 5.44. The molecule has 19 heavy (non-hydrogen) atoms. The van der Waals surface area contributed by atoms with E-state index in [0.29, 0.717) is 16.9 Å². The van der Waals surface area contributed by atoms with Crippen LogP contribution in [-0.4, -0.2) is 5.97 Å². The molecule has 2 aromatic rings. The summed E-state index contributed by atoms with van der Waals surface area (Å²) in [4.78, 5) is 11.9. The van der Waals surface area contributed by atoms with E-state index in [1.54, 1.807) is 18.2 Å². The molecule has 0 saturated carbocycles. The topological polar surface area (TPSA) is 78.3 Å². The highest BCUT2D eigenvalue weighted by atomic mass is 16.5. The summed E-state index contributed by atoms with van der Waals surface area (Å²) in [5.41, 5.74) is 14.6. The van der Waals surface area contributed by atoms with Gasteiger partial charge in [-0.25, -0.2) is 4.79 Å². The predicted molar refractivity (Wildman–Crippen MR) is 75.6 cm³/mol. The van der Waals surface area contributed by atoms with Crippen molar-refractivity contribution in [3.05, 3.63) is 59.2 Å². The Hall–Kier alpha value is -2.49. The molecule has 2 aromatic carbocycles. The van der Waals surface area contributed by atoms with E-state index in [-0.39, 0.29) is 6.61 Å². The van der Waals surface area contributed by atoms with Crippen molar-refractivity contribution in [1.29, 1.82) is 0 Å². The zero-order valence-corrected chi connectivity index (χ0v) is 10.7. The van der Waals surface area contributed by atoms with Crippen molar-refractivity contribution in [2.45, 2.75) is 13.5 Å². The SMILES string of the molecule is Cc1ccccc1COC(=O)c1ccc(N)cc1N. The number of ether oxygens (including phenoxy) is 1. The van der Waals surface area contributed by atoms with Gasteiger partial charge in [-0.15, -0.1) is 0 Å². The van der Waals surface area contributed by atoms with E-state index in [2.05, 4.69) is 0 Å². The zero-order valence-electron chi connectivity index (χ0n) is 10.7. The third-order valence-electron chi connectivity index (χ3n) is 2.92. The van der Waals surface area contributed by atoms with Crippen LogP contribution in [-0.2, 0) is 11.3 Å². The number of carbonyl (C=O) groups is 1. The number of aryl methyl sites for hydroxylation is 1. The van der Waals surface area contributed by atoms with Crippen molar-refractivity contribution in [1.82, 2.24) is 0 Å². The highest BCUT2D eigenvalue weighted by Crippen LogP contribution is 2.17. The van der Waals surface area contributed by atoms with Crippen molar-refractivity contribution >= 4 is 17.3 Å². The summed E-state index contributed by atoms with van der Waals surface area (Å²) in [5.74, 6) is -0.444. The van der Waals surface area contributed by atoms with Gasteiger partial charge in [0, 0.05) is 11.4 Å². The van der Waals surface area contributed by atoms with Gasteiger partial charge < -0.3 is 16.2 Å². The fraction of sp³-hybridized carbons (Fsp3) is 0.133. The van der Waals surface area contributed by atoms with E-state index < -0.39 is 5.97 Å². The third kappa shape index (κ3) is 3.04. The molecule has 98 valence electrons. The average molecular weight is 256 g/mol. The molecule has 0 aliphatic rings. The Morgan fingerprint density at radius 2 is 1.89 bits per heavy atom. The number of esters is 1. The van der Waals surface area contributed by atoms with Gasteiger partial charge in [0.15, 0.2) is 0 Å². The van der Waals surface area contributed by atoms with Gasteiger partial charge in [0.2, 0.25) is 0 Å². The van der Waals surface area contributed by atoms with E-state index in [9.17, 15) is 4.79 Å². The average Bonchev–Trinajstić information content (AvgIpc) is 2.37. The zero-order chi connectivity index (χ0) is 13.8. The first-order valence-electron chi connectivity index (χ1n) is 5.94. The number of hydrogen-bond donors (Lipinski definition) is 2. The monoisotopic (exact) mass is 256 g/mol. The molecular formula is C15H16N2O2. The van der Waals surface area contributed by atoms with Crippen LogP contribution in [0.15, 0.2) is 42.5 Å². The van der Waals surface area contributed by atoms with Gasteiger partial charge in [0.25, 0.3) is 0 Å². The molecule has 0 aliphatic heterocycles. The number of rotatable bonds is 3. The van der Waals surface area contributed by atoms with Gasteiger partial charge in [-0.3, -0.25) is 0 Å². The minimum atomic E-state index is -0.444. The Labute approximate surface area is 112 Å². The van der Waals surface area contributed by atoms with E-state index in [0.717, 1.165) is 11.1 Å². The van der Waals surface area contributed by atoms with Gasteiger partial charge in [-0.2, -0.15) is 0 Å². The standard InChI is InChI=1S/C15H16N2O2/c1-10-4-2-3-5-11(10)9-19-15(18)13-7-6-12(16)8-14(13)17/h2-8H,9,16-17H2,1H3. The lowest BCUT2D eigenvalue weighted by Crippen LogP contribution is -2.09. The van der Waals surface area contributed by atoms with Gasteiger partial charge in [0.1, 0.15) is 6.61 Å². The molecule has 0 fully saturated rings. The first kappa shape index (κ1) is 13.0. The molecular weight excluding hydrogens is 240 g/mol. The number of benzene rings is 2. The van der Waals surface area contributed by atoms with Crippen LogP contribution in [0.5, 0.6) is 0 Å². The van der Waals surface area contributed by atoms with Crippen molar-refractivity contribution in [3.8, 4) is 0 Å². The normalized spacial score (nSPS) is 10.2. The minimum absolute atomic E-state index is 0.231. The molecule has 0 heterocycles. The van der Waals surface area contributed by atoms with Crippen LogP contribution in [0.2, 0.25) is 0 Å². The smallest absolute Gasteiger partial charge is 0.340 e. The largest absolute Gasteiger partial charge is 0.457 e. The first-order chi connectivity index (χ1) is 9.08. The van der Waals surface area contributed by atoms with Crippen LogP contribution in [0.1, 0.15) is 21.5 Å². The molecule has 0 spiro atoms. The van der Waals surface area contributed by atoms with E-state index in [4.69, 9.17) is 16.2 Å². The number of nitrogen functional groups attached to an aromatic ring is 2. The molecule has 0 aromatic heterocycles. The second-order valence-corrected chi connectivity index (χ2v) is 4.35. The molecule has 0 atom stereocenters. The van der Waals surface area contributed by atoms with Crippen LogP contribution < -0.4 is 11.5 Å². The van der Waals surface area contributed by atoms with Crippen molar-refractivity contribution in [3.63, 3.8) is 0 Å². The lowest BCUT2D eigenvalue weighted by atomic mass is 10.1. The third-order valence-corrected chi connectivity index (χ3v) is 2.92. The van der Waals surface area contributed by atoms with Crippen molar-refractivity contribution in [2.75, 3.05) is 11.5 Å². The number of nitrogens with two attached hydrogens (primary N) is 2. The fourth-order valence-electron chi connectivity index (χ4n) is 1.76. The van der Waals surface area contributed by atoms with Gasteiger partial charge in [0.05, 0.1) is 5.56 Å². The lowest BCUT2D eigenvalue weighted by Gasteiger charge is -2.09. The summed E-state index contributed by atoms with van der Waals surface area (Å²) in [7, 11) is 0. The van der Waals surface area contributed by atoms with Crippen LogP contribution in [0.4, 0.5) is 11.4 Å². The number of anilines is 2. The molecule has 2 rings (SSSR count). The predicted octanol–water partition coefficient (Wildman–Crippen LogP) is 2.52. The second-order valence-electron chi connectivity index (χ2n) is 4.35. The van der Waals surface area contributed by atoms with Crippen LogP contribution >= 0.6 is 0 Å². The molecule has 0 radical (unpaired) electrons. The van der Waals surface area contributed by atoms with E-state index >= 15 is 0 Å². The van der Waals surface area contributed by atoms with Crippen LogP contribution in [0.25, 0.3) is 0 Å². The van der Waals surface area contributed by atoms with Gasteiger partial charge in [-0.1, -0.05) is 24.3 Å². The minimum Gasteiger partial charge on any atom is -0.457 e. The molecule has 4 nitrogen and oxygen atoms in total. The number of carbonyl (C=O) groups excluding carboxylic acids is 1. The maximum absolute atomic E-state index is 11.9. The summed E-state index contributed by atoms with van der Waals surface area (Å²) in [6.07, 6.45) is 0. The number of hydrogen-bond acceptors (Lipinski definition) is 4. The van der Waals surface area contributed by atoms with Gasteiger partial charge >= 0.3 is 5.97 Å². The summed E-state index contributed by atoms with van der Waals surface area (Å²) >= 11 is 0.